The molecule has 3 heteroatoms. The molecule has 2 aromatic carbocycles. The Morgan fingerprint density at radius 3 is 2.40 bits per heavy atom. The van der Waals surface area contributed by atoms with Gasteiger partial charge in [-0.2, -0.15) is 0 Å². The maximum atomic E-state index is 12.2. The van der Waals surface area contributed by atoms with E-state index in [9.17, 15) is 4.79 Å². The summed E-state index contributed by atoms with van der Waals surface area (Å²) in [6.07, 6.45) is 2.14. The molecule has 1 heterocycles. The number of carbonyl (C=O) groups excluding carboxylic acids is 1. The molecule has 2 aromatic rings. The summed E-state index contributed by atoms with van der Waals surface area (Å²) >= 11 is 3.55. The van der Waals surface area contributed by atoms with Gasteiger partial charge in [0.25, 0.3) is 0 Å². The smallest absolute Gasteiger partial charge is 0.228 e. The van der Waals surface area contributed by atoms with Crippen LogP contribution in [0.2, 0.25) is 0 Å². The van der Waals surface area contributed by atoms with Gasteiger partial charge in [0.1, 0.15) is 0 Å². The maximum Gasteiger partial charge on any atom is 0.228 e. The minimum absolute atomic E-state index is 0.0223. The second kappa shape index (κ2) is 5.25. The quantitative estimate of drug-likeness (QED) is 0.700. The fourth-order valence-corrected chi connectivity index (χ4v) is 3.06. The molecule has 0 fully saturated rings. The van der Waals surface area contributed by atoms with Gasteiger partial charge in [0.15, 0.2) is 0 Å². The van der Waals surface area contributed by atoms with Crippen molar-refractivity contribution in [3.8, 4) is 0 Å². The van der Waals surface area contributed by atoms with E-state index in [-0.39, 0.29) is 5.91 Å². The molecule has 0 aromatic heterocycles. The number of hydrogen-bond donors (Lipinski definition) is 0. The van der Waals surface area contributed by atoms with E-state index in [4.69, 9.17) is 0 Å². The van der Waals surface area contributed by atoms with Crippen molar-refractivity contribution in [2.75, 3.05) is 10.2 Å². The van der Waals surface area contributed by atoms with E-state index in [0.717, 1.165) is 27.8 Å². The molecule has 1 aliphatic rings. The number of benzene rings is 2. The van der Waals surface area contributed by atoms with Crippen molar-refractivity contribution in [2.45, 2.75) is 6.92 Å². The van der Waals surface area contributed by atoms with Gasteiger partial charge >= 0.3 is 0 Å². The second-order valence-corrected chi connectivity index (χ2v) is 5.29. The average molecular weight is 328 g/mol. The lowest BCUT2D eigenvalue weighted by Gasteiger charge is -2.23. The largest absolute Gasteiger partial charge is 0.280 e. The number of carbonyl (C=O) groups is 1. The van der Waals surface area contributed by atoms with Crippen molar-refractivity contribution < 1.29 is 4.79 Å². The first-order valence-corrected chi connectivity index (χ1v) is 7.60. The monoisotopic (exact) mass is 327 g/mol. The van der Waals surface area contributed by atoms with Crippen LogP contribution in [0.25, 0.3) is 11.6 Å². The number of hydrogen-bond acceptors (Lipinski definition) is 1. The van der Waals surface area contributed by atoms with Crippen LogP contribution in [-0.2, 0) is 4.79 Å². The number of nitrogens with zero attached hydrogens (tertiary/aromatic N) is 1. The Hall–Kier alpha value is -1.87. The van der Waals surface area contributed by atoms with Gasteiger partial charge in [-0.1, -0.05) is 52.3 Å². The van der Waals surface area contributed by atoms with Gasteiger partial charge in [0, 0.05) is 17.8 Å². The molecule has 3 rings (SSSR count). The van der Waals surface area contributed by atoms with Crippen LogP contribution in [0.5, 0.6) is 0 Å². The van der Waals surface area contributed by atoms with E-state index in [1.807, 2.05) is 42.5 Å². The molecule has 0 atom stereocenters. The van der Waals surface area contributed by atoms with E-state index >= 15 is 0 Å². The third kappa shape index (κ3) is 2.08. The van der Waals surface area contributed by atoms with Crippen molar-refractivity contribution in [3.63, 3.8) is 0 Å². The first kappa shape index (κ1) is 13.1. The molecule has 0 spiro atoms. The van der Waals surface area contributed by atoms with Crippen molar-refractivity contribution in [3.05, 3.63) is 59.7 Å². The van der Waals surface area contributed by atoms with Crippen LogP contribution in [0.1, 0.15) is 18.1 Å². The molecule has 0 aliphatic carbocycles. The molecule has 0 N–H and O–H groups in total. The molecule has 1 aliphatic heterocycles. The van der Waals surface area contributed by atoms with Crippen LogP contribution in [0.3, 0.4) is 0 Å². The minimum Gasteiger partial charge on any atom is -0.280 e. The molecular weight excluding hydrogens is 314 g/mol. The maximum absolute atomic E-state index is 12.2. The molecule has 1 amide bonds. The topological polar surface area (TPSA) is 20.3 Å². The highest BCUT2D eigenvalue weighted by Crippen LogP contribution is 2.40. The van der Waals surface area contributed by atoms with Gasteiger partial charge in [0.2, 0.25) is 5.91 Å². The minimum atomic E-state index is 0.0223. The lowest BCUT2D eigenvalue weighted by Crippen LogP contribution is -2.23. The van der Waals surface area contributed by atoms with Crippen LogP contribution in [0, 0.1) is 0 Å². The molecule has 0 radical (unpaired) electrons. The molecule has 2 nitrogen and oxygen atoms in total. The fraction of sp³-hybridized carbons (Fsp3) is 0.118. The molecular formula is C17H14BrNO. The van der Waals surface area contributed by atoms with Gasteiger partial charge in [-0.25, -0.2) is 0 Å². The van der Waals surface area contributed by atoms with Crippen molar-refractivity contribution >= 4 is 44.9 Å². The van der Waals surface area contributed by atoms with Crippen molar-refractivity contribution in [1.82, 2.24) is 0 Å². The zero-order chi connectivity index (χ0) is 14.1. The summed E-state index contributed by atoms with van der Waals surface area (Å²) in [5, 5.41) is 0.754. The predicted molar refractivity (Wildman–Crippen MR) is 87.4 cm³/mol. The zero-order valence-corrected chi connectivity index (χ0v) is 12.7. The van der Waals surface area contributed by atoms with Gasteiger partial charge < -0.3 is 0 Å². The summed E-state index contributed by atoms with van der Waals surface area (Å²) in [6.45, 7) is 1.60. The third-order valence-electron chi connectivity index (χ3n) is 3.46. The number of rotatable bonds is 1. The van der Waals surface area contributed by atoms with Gasteiger partial charge in [-0.05, 0) is 29.3 Å². The molecule has 0 unspecified atom stereocenters. The highest BCUT2D eigenvalue weighted by Gasteiger charge is 2.23. The SMILES string of the molecule is CC(=O)N1c2ccccc2C=C(CBr)c2ccccc21. The Morgan fingerprint density at radius 1 is 1.05 bits per heavy atom. The summed E-state index contributed by atoms with van der Waals surface area (Å²) in [7, 11) is 0. The highest BCUT2D eigenvalue weighted by molar-refractivity contribution is 9.09. The summed E-state index contributed by atoms with van der Waals surface area (Å²) in [6, 6.07) is 16.0. The Balaban J connectivity index is 2.35. The lowest BCUT2D eigenvalue weighted by molar-refractivity contribution is -0.115. The Bertz CT molecular complexity index is 706. The lowest BCUT2D eigenvalue weighted by atomic mass is 10.0. The molecule has 0 saturated carbocycles. The van der Waals surface area contributed by atoms with Gasteiger partial charge in [0.05, 0.1) is 11.4 Å². The number of anilines is 2. The normalized spacial score (nSPS) is 13.1. The van der Waals surface area contributed by atoms with Gasteiger partial charge in [-0.3, -0.25) is 9.69 Å². The van der Waals surface area contributed by atoms with Crippen LogP contribution in [-0.4, -0.2) is 11.2 Å². The number of allylic oxidation sites excluding steroid dienone is 1. The summed E-state index contributed by atoms with van der Waals surface area (Å²) in [5.74, 6) is 0.0223. The predicted octanol–water partition coefficient (Wildman–Crippen LogP) is 4.62. The van der Waals surface area contributed by atoms with E-state index in [0.29, 0.717) is 0 Å². The first-order chi connectivity index (χ1) is 9.72. The first-order valence-electron chi connectivity index (χ1n) is 6.48. The van der Waals surface area contributed by atoms with E-state index in [1.165, 1.54) is 5.57 Å². The molecule has 0 bridgehead atoms. The van der Waals surface area contributed by atoms with Crippen molar-refractivity contribution in [2.24, 2.45) is 0 Å². The van der Waals surface area contributed by atoms with Crippen LogP contribution in [0.15, 0.2) is 48.5 Å². The molecule has 0 saturated heterocycles. The number of halogens is 1. The zero-order valence-electron chi connectivity index (χ0n) is 11.1. The van der Waals surface area contributed by atoms with Crippen LogP contribution in [0.4, 0.5) is 11.4 Å². The molecule has 100 valence electrons. The van der Waals surface area contributed by atoms with Crippen LogP contribution < -0.4 is 4.90 Å². The third-order valence-corrected chi connectivity index (χ3v) is 4.06. The average Bonchev–Trinajstić information content (AvgIpc) is 2.61. The number of alkyl halides is 1. The van der Waals surface area contributed by atoms with Crippen molar-refractivity contribution in [1.29, 1.82) is 0 Å². The van der Waals surface area contributed by atoms with E-state index < -0.39 is 0 Å². The Labute approximate surface area is 126 Å². The van der Waals surface area contributed by atoms with Gasteiger partial charge in [-0.15, -0.1) is 0 Å². The Kier molecular flexibility index (Phi) is 3.45. The van der Waals surface area contributed by atoms with Crippen LogP contribution >= 0.6 is 15.9 Å². The fourth-order valence-electron chi connectivity index (χ4n) is 2.60. The molecule has 20 heavy (non-hydrogen) atoms. The summed E-state index contributed by atoms with van der Waals surface area (Å²) < 4.78 is 0. The summed E-state index contributed by atoms with van der Waals surface area (Å²) in [5.41, 5.74) is 5.21. The van der Waals surface area contributed by atoms with E-state index in [1.54, 1.807) is 11.8 Å². The summed E-state index contributed by atoms with van der Waals surface area (Å²) in [4.78, 5) is 14.0. The standard InChI is InChI=1S/C17H14BrNO/c1-12(20)19-16-8-4-2-6-13(16)10-14(11-18)15-7-3-5-9-17(15)19/h2-10H,11H2,1H3. The van der Waals surface area contributed by atoms with E-state index in [2.05, 4.69) is 28.1 Å². The number of amides is 1. The Morgan fingerprint density at radius 2 is 1.70 bits per heavy atom. The number of para-hydroxylation sites is 2. The number of fused-ring (bicyclic) bond motifs is 2. The highest BCUT2D eigenvalue weighted by atomic mass is 79.9. The second-order valence-electron chi connectivity index (χ2n) is 4.73.